The quantitative estimate of drug-likeness (QED) is 0.608. The molecule has 2 heterocycles. The molecule has 0 radical (unpaired) electrons. The van der Waals surface area contributed by atoms with Gasteiger partial charge in [-0.3, -0.25) is 4.79 Å². The van der Waals surface area contributed by atoms with Crippen LogP contribution >= 0.6 is 0 Å². The number of rotatable bonds is 2. The molecule has 5 heteroatoms. The molecule has 0 aromatic carbocycles. The van der Waals surface area contributed by atoms with E-state index in [0.29, 0.717) is 11.4 Å². The van der Waals surface area contributed by atoms with Gasteiger partial charge in [-0.05, 0) is 36.8 Å². The van der Waals surface area contributed by atoms with Gasteiger partial charge in [0.1, 0.15) is 5.82 Å². The van der Waals surface area contributed by atoms with Crippen molar-refractivity contribution in [1.29, 1.82) is 0 Å². The summed E-state index contributed by atoms with van der Waals surface area (Å²) in [6.45, 7) is 1.83. The molecule has 1 aliphatic heterocycles. The monoisotopic (exact) mass is 246 g/mol. The summed E-state index contributed by atoms with van der Waals surface area (Å²) in [5, 5.41) is 0. The third-order valence-electron chi connectivity index (χ3n) is 4.17. The second-order valence-corrected chi connectivity index (χ2v) is 5.24. The maximum Gasteiger partial charge on any atom is 0.255 e. The average Bonchev–Trinajstić information content (AvgIpc) is 2.99. The fourth-order valence-electron chi connectivity index (χ4n) is 3.19. The molecule has 5 nitrogen and oxygen atoms in total. The number of fused-ring (bicyclic) bond motifs is 1. The van der Waals surface area contributed by atoms with Crippen LogP contribution in [-0.4, -0.2) is 28.9 Å². The van der Waals surface area contributed by atoms with E-state index in [9.17, 15) is 4.79 Å². The van der Waals surface area contributed by atoms with Crippen molar-refractivity contribution >= 4 is 11.7 Å². The molecule has 3 rings (SSSR count). The van der Waals surface area contributed by atoms with E-state index in [-0.39, 0.29) is 5.91 Å². The molecule has 18 heavy (non-hydrogen) atoms. The van der Waals surface area contributed by atoms with Crippen molar-refractivity contribution in [2.45, 2.75) is 19.3 Å². The highest BCUT2D eigenvalue weighted by Crippen LogP contribution is 2.38. The van der Waals surface area contributed by atoms with E-state index >= 15 is 0 Å². The summed E-state index contributed by atoms with van der Waals surface area (Å²) in [6, 6.07) is 3.50. The maximum absolute atomic E-state index is 12.3. The zero-order valence-corrected chi connectivity index (χ0v) is 10.3. The number of hydrogen-bond acceptors (Lipinski definition) is 4. The van der Waals surface area contributed by atoms with E-state index in [1.54, 1.807) is 18.3 Å². The lowest BCUT2D eigenvalue weighted by molar-refractivity contribution is 0.0780. The van der Waals surface area contributed by atoms with Crippen LogP contribution in [0.5, 0.6) is 0 Å². The predicted molar refractivity (Wildman–Crippen MR) is 68.8 cm³/mol. The van der Waals surface area contributed by atoms with Crippen molar-refractivity contribution in [1.82, 2.24) is 9.88 Å². The number of hydrogen-bond donors (Lipinski definition) is 2. The summed E-state index contributed by atoms with van der Waals surface area (Å²) in [4.78, 5) is 18.4. The van der Waals surface area contributed by atoms with E-state index < -0.39 is 0 Å². The van der Waals surface area contributed by atoms with Gasteiger partial charge in [0.15, 0.2) is 0 Å². The van der Waals surface area contributed by atoms with Crippen molar-refractivity contribution in [2.24, 2.45) is 17.7 Å². The number of amides is 1. The fourth-order valence-corrected chi connectivity index (χ4v) is 3.19. The first-order valence-corrected chi connectivity index (χ1v) is 6.50. The fraction of sp³-hybridized carbons (Fsp3) is 0.538. The molecule has 2 aliphatic rings. The molecule has 3 N–H and O–H groups in total. The third kappa shape index (κ3) is 1.95. The van der Waals surface area contributed by atoms with Crippen LogP contribution in [0.2, 0.25) is 0 Å². The number of nitrogens with zero attached hydrogens (tertiary/aromatic N) is 2. The predicted octanol–water partition coefficient (Wildman–Crippen LogP) is 1.24. The number of hydrazine groups is 1. The standard InChI is InChI=1S/C13H18N4O/c14-16-12-5-4-9(6-15-12)13(18)17-7-10-2-1-3-11(10)8-17/h4-6,10-11H,1-3,7-8,14H2,(H,15,16). The lowest BCUT2D eigenvalue weighted by Crippen LogP contribution is -2.29. The normalized spacial score (nSPS) is 26.2. The lowest BCUT2D eigenvalue weighted by atomic mass is 10.0. The van der Waals surface area contributed by atoms with E-state index in [1.807, 2.05) is 4.90 Å². The van der Waals surface area contributed by atoms with Gasteiger partial charge < -0.3 is 10.3 Å². The molecule has 0 spiro atoms. The van der Waals surface area contributed by atoms with E-state index in [2.05, 4.69) is 10.4 Å². The molecule has 2 atom stereocenters. The van der Waals surface area contributed by atoms with Crippen LogP contribution in [0, 0.1) is 11.8 Å². The zero-order valence-electron chi connectivity index (χ0n) is 10.3. The van der Waals surface area contributed by atoms with Gasteiger partial charge in [0.05, 0.1) is 5.56 Å². The first kappa shape index (κ1) is 11.5. The van der Waals surface area contributed by atoms with Crippen LogP contribution in [0.15, 0.2) is 18.3 Å². The minimum atomic E-state index is 0.0977. The van der Waals surface area contributed by atoms with Gasteiger partial charge in [-0.25, -0.2) is 10.8 Å². The number of aromatic nitrogens is 1. The average molecular weight is 246 g/mol. The number of anilines is 1. The van der Waals surface area contributed by atoms with Crippen molar-refractivity contribution < 1.29 is 4.79 Å². The Kier molecular flexibility index (Phi) is 2.91. The number of carbonyl (C=O) groups is 1. The zero-order chi connectivity index (χ0) is 12.5. The summed E-state index contributed by atoms with van der Waals surface area (Å²) < 4.78 is 0. The first-order chi connectivity index (χ1) is 8.78. The Balaban J connectivity index is 1.70. The Morgan fingerprint density at radius 2 is 2.06 bits per heavy atom. The van der Waals surface area contributed by atoms with E-state index in [1.165, 1.54) is 19.3 Å². The highest BCUT2D eigenvalue weighted by molar-refractivity contribution is 5.94. The highest BCUT2D eigenvalue weighted by Gasteiger charge is 2.38. The second-order valence-electron chi connectivity index (χ2n) is 5.24. The van der Waals surface area contributed by atoms with Crippen LogP contribution in [0.1, 0.15) is 29.6 Å². The molecule has 2 fully saturated rings. The van der Waals surface area contributed by atoms with E-state index in [0.717, 1.165) is 24.9 Å². The summed E-state index contributed by atoms with van der Waals surface area (Å²) in [5.74, 6) is 7.38. The number of nitrogens with one attached hydrogen (secondary N) is 1. The van der Waals surface area contributed by atoms with Crippen LogP contribution in [-0.2, 0) is 0 Å². The van der Waals surface area contributed by atoms with Gasteiger partial charge >= 0.3 is 0 Å². The SMILES string of the molecule is NNc1ccc(C(=O)N2CC3CCCC3C2)cn1. The molecule has 96 valence electrons. The van der Waals surface area contributed by atoms with Crippen LogP contribution < -0.4 is 11.3 Å². The topological polar surface area (TPSA) is 71.2 Å². The Morgan fingerprint density at radius 3 is 2.61 bits per heavy atom. The molecule has 1 saturated carbocycles. The van der Waals surface area contributed by atoms with Crippen LogP contribution in [0.25, 0.3) is 0 Å². The Bertz CT molecular complexity index is 433. The number of nitrogens with two attached hydrogens (primary N) is 1. The third-order valence-corrected chi connectivity index (χ3v) is 4.17. The van der Waals surface area contributed by atoms with Crippen molar-refractivity contribution in [3.63, 3.8) is 0 Å². The molecule has 1 aromatic heterocycles. The number of nitrogen functional groups attached to an aromatic ring is 1. The minimum absolute atomic E-state index is 0.0977. The van der Waals surface area contributed by atoms with Crippen LogP contribution in [0.3, 0.4) is 0 Å². The Hall–Kier alpha value is -1.62. The van der Waals surface area contributed by atoms with Crippen molar-refractivity contribution in [3.8, 4) is 0 Å². The molecule has 1 amide bonds. The molecule has 1 aromatic rings. The van der Waals surface area contributed by atoms with Crippen LogP contribution in [0.4, 0.5) is 5.82 Å². The molecule has 1 aliphatic carbocycles. The van der Waals surface area contributed by atoms with Gasteiger partial charge in [-0.15, -0.1) is 0 Å². The number of pyridine rings is 1. The van der Waals surface area contributed by atoms with Crippen molar-refractivity contribution in [3.05, 3.63) is 23.9 Å². The summed E-state index contributed by atoms with van der Waals surface area (Å²) in [5.41, 5.74) is 3.11. The van der Waals surface area contributed by atoms with Gasteiger partial charge in [-0.1, -0.05) is 6.42 Å². The van der Waals surface area contributed by atoms with Crippen molar-refractivity contribution in [2.75, 3.05) is 18.5 Å². The molecule has 2 unspecified atom stereocenters. The van der Waals surface area contributed by atoms with Gasteiger partial charge in [0.2, 0.25) is 0 Å². The minimum Gasteiger partial charge on any atom is -0.338 e. The lowest BCUT2D eigenvalue weighted by Gasteiger charge is -2.17. The highest BCUT2D eigenvalue weighted by atomic mass is 16.2. The summed E-state index contributed by atoms with van der Waals surface area (Å²) in [7, 11) is 0. The molecular formula is C13H18N4O. The Labute approximate surface area is 106 Å². The largest absolute Gasteiger partial charge is 0.338 e. The molecule has 0 bridgehead atoms. The van der Waals surface area contributed by atoms with E-state index in [4.69, 9.17) is 5.84 Å². The molecule has 1 saturated heterocycles. The van der Waals surface area contributed by atoms with Gasteiger partial charge in [0.25, 0.3) is 5.91 Å². The Morgan fingerprint density at radius 1 is 1.33 bits per heavy atom. The first-order valence-electron chi connectivity index (χ1n) is 6.50. The maximum atomic E-state index is 12.3. The smallest absolute Gasteiger partial charge is 0.255 e. The number of likely N-dealkylation sites (tertiary alicyclic amines) is 1. The second kappa shape index (κ2) is 4.57. The summed E-state index contributed by atoms with van der Waals surface area (Å²) >= 11 is 0. The van der Waals surface area contributed by atoms with Gasteiger partial charge in [0, 0.05) is 19.3 Å². The number of carbonyl (C=O) groups excluding carboxylic acids is 1. The summed E-state index contributed by atoms with van der Waals surface area (Å²) in [6.07, 6.45) is 5.48. The molecular weight excluding hydrogens is 228 g/mol. The van der Waals surface area contributed by atoms with Gasteiger partial charge in [-0.2, -0.15) is 0 Å².